The number of hydrogen-bond acceptors (Lipinski definition) is 3. The van der Waals surface area contributed by atoms with Gasteiger partial charge < -0.3 is 4.74 Å². The molecule has 106 valence electrons. The van der Waals surface area contributed by atoms with Gasteiger partial charge in [0.2, 0.25) is 0 Å². The second kappa shape index (κ2) is 6.51. The Morgan fingerprint density at radius 2 is 2.00 bits per heavy atom. The Morgan fingerprint density at radius 1 is 1.32 bits per heavy atom. The topological polar surface area (TPSA) is 47.3 Å². The molecule has 1 aromatic rings. The fraction of sp³-hybridized carbons (Fsp3) is 0.625. The van der Waals surface area contributed by atoms with Crippen molar-refractivity contribution in [1.82, 2.24) is 5.43 Å². The summed E-state index contributed by atoms with van der Waals surface area (Å²) in [6.07, 6.45) is 2.43. The van der Waals surface area contributed by atoms with Crippen molar-refractivity contribution < 1.29 is 4.74 Å². The SMILES string of the molecule is CC1CC(C(Cc2ccc(C(C)C)cc2)NN)CO1. The molecular formula is C16H26N2O. The first-order chi connectivity index (χ1) is 9.10. The van der Waals surface area contributed by atoms with Crippen LogP contribution in [0, 0.1) is 5.92 Å². The molecule has 1 saturated heterocycles. The highest BCUT2D eigenvalue weighted by atomic mass is 16.5. The zero-order chi connectivity index (χ0) is 13.8. The van der Waals surface area contributed by atoms with E-state index in [9.17, 15) is 0 Å². The van der Waals surface area contributed by atoms with Gasteiger partial charge >= 0.3 is 0 Å². The average Bonchev–Trinajstić information content (AvgIpc) is 2.83. The van der Waals surface area contributed by atoms with Crippen molar-refractivity contribution in [1.29, 1.82) is 0 Å². The molecule has 0 amide bonds. The van der Waals surface area contributed by atoms with Crippen LogP contribution in [0.25, 0.3) is 0 Å². The van der Waals surface area contributed by atoms with Gasteiger partial charge in [-0.25, -0.2) is 0 Å². The molecule has 0 aromatic heterocycles. The first kappa shape index (κ1) is 14.5. The van der Waals surface area contributed by atoms with Crippen molar-refractivity contribution in [3.05, 3.63) is 35.4 Å². The standard InChI is InChI=1S/C16H26N2O/c1-11(2)14-6-4-13(5-7-14)9-16(18-17)15-8-12(3)19-10-15/h4-7,11-12,15-16,18H,8-10,17H2,1-3H3. The highest BCUT2D eigenvalue weighted by Crippen LogP contribution is 2.24. The van der Waals surface area contributed by atoms with Gasteiger partial charge in [0.15, 0.2) is 0 Å². The molecule has 3 heteroatoms. The first-order valence-corrected chi connectivity index (χ1v) is 7.26. The number of hydrazine groups is 1. The number of hydrogen-bond donors (Lipinski definition) is 2. The summed E-state index contributed by atoms with van der Waals surface area (Å²) >= 11 is 0. The van der Waals surface area contributed by atoms with Gasteiger partial charge in [-0.1, -0.05) is 38.1 Å². The van der Waals surface area contributed by atoms with Gasteiger partial charge in [0.1, 0.15) is 0 Å². The molecule has 0 spiro atoms. The zero-order valence-corrected chi connectivity index (χ0v) is 12.2. The van der Waals surface area contributed by atoms with Gasteiger partial charge in [0, 0.05) is 12.0 Å². The van der Waals surface area contributed by atoms with E-state index >= 15 is 0 Å². The van der Waals surface area contributed by atoms with Crippen molar-refractivity contribution in [2.24, 2.45) is 11.8 Å². The molecule has 3 unspecified atom stereocenters. The number of rotatable bonds is 5. The van der Waals surface area contributed by atoms with E-state index in [0.717, 1.165) is 19.4 Å². The summed E-state index contributed by atoms with van der Waals surface area (Å²) in [5.41, 5.74) is 5.70. The van der Waals surface area contributed by atoms with E-state index in [4.69, 9.17) is 10.6 Å². The second-order valence-electron chi connectivity index (χ2n) is 6.01. The van der Waals surface area contributed by atoms with Crippen LogP contribution in [-0.2, 0) is 11.2 Å². The molecule has 3 nitrogen and oxygen atoms in total. The Kier molecular flexibility index (Phi) is 4.97. The quantitative estimate of drug-likeness (QED) is 0.633. The van der Waals surface area contributed by atoms with Crippen LogP contribution >= 0.6 is 0 Å². The van der Waals surface area contributed by atoms with E-state index in [-0.39, 0.29) is 0 Å². The fourth-order valence-corrected chi connectivity index (χ4v) is 2.78. The maximum atomic E-state index is 5.72. The molecule has 3 N–H and O–H groups in total. The molecule has 2 rings (SSSR count). The summed E-state index contributed by atoms with van der Waals surface area (Å²) < 4.78 is 5.64. The lowest BCUT2D eigenvalue weighted by Gasteiger charge is -2.22. The molecule has 1 fully saturated rings. The summed E-state index contributed by atoms with van der Waals surface area (Å²) in [6.45, 7) is 7.39. The number of benzene rings is 1. The minimum absolute atomic E-state index is 0.301. The summed E-state index contributed by atoms with van der Waals surface area (Å²) in [5, 5.41) is 0. The predicted octanol–water partition coefficient (Wildman–Crippen LogP) is 2.61. The second-order valence-corrected chi connectivity index (χ2v) is 6.01. The van der Waals surface area contributed by atoms with Crippen LogP contribution in [0.5, 0.6) is 0 Å². The van der Waals surface area contributed by atoms with E-state index in [2.05, 4.69) is 50.5 Å². The number of ether oxygens (including phenoxy) is 1. The Balaban J connectivity index is 1.98. The maximum absolute atomic E-state index is 5.72. The summed E-state index contributed by atoms with van der Waals surface area (Å²) in [6, 6.07) is 9.19. The Morgan fingerprint density at radius 3 is 2.47 bits per heavy atom. The van der Waals surface area contributed by atoms with E-state index in [1.807, 2.05) is 0 Å². The predicted molar refractivity (Wildman–Crippen MR) is 78.9 cm³/mol. The van der Waals surface area contributed by atoms with Gasteiger partial charge in [-0.2, -0.15) is 0 Å². The van der Waals surface area contributed by atoms with Crippen LogP contribution in [-0.4, -0.2) is 18.8 Å². The Labute approximate surface area is 116 Å². The Hall–Kier alpha value is -0.900. The third kappa shape index (κ3) is 3.78. The molecule has 1 aliphatic heterocycles. The molecule has 0 bridgehead atoms. The maximum Gasteiger partial charge on any atom is 0.0551 e. The minimum atomic E-state index is 0.301. The monoisotopic (exact) mass is 262 g/mol. The summed E-state index contributed by atoms with van der Waals surface area (Å²) in [5.74, 6) is 6.82. The van der Waals surface area contributed by atoms with Crippen molar-refractivity contribution >= 4 is 0 Å². The molecule has 0 radical (unpaired) electrons. The van der Waals surface area contributed by atoms with Gasteiger partial charge in [0.25, 0.3) is 0 Å². The summed E-state index contributed by atoms with van der Waals surface area (Å²) in [7, 11) is 0. The first-order valence-electron chi connectivity index (χ1n) is 7.26. The lowest BCUT2D eigenvalue weighted by Crippen LogP contribution is -2.42. The van der Waals surface area contributed by atoms with Crippen molar-refractivity contribution in [3.8, 4) is 0 Å². The van der Waals surface area contributed by atoms with E-state index in [0.29, 0.717) is 24.0 Å². The van der Waals surface area contributed by atoms with Crippen LogP contribution in [0.4, 0.5) is 0 Å². The molecule has 1 aliphatic rings. The highest BCUT2D eigenvalue weighted by Gasteiger charge is 2.28. The van der Waals surface area contributed by atoms with E-state index < -0.39 is 0 Å². The molecule has 3 atom stereocenters. The van der Waals surface area contributed by atoms with Gasteiger partial charge in [-0.15, -0.1) is 0 Å². The number of nitrogens with one attached hydrogen (secondary N) is 1. The van der Waals surface area contributed by atoms with Gasteiger partial charge in [-0.3, -0.25) is 11.3 Å². The molecule has 1 aromatic carbocycles. The van der Waals surface area contributed by atoms with Crippen molar-refractivity contribution in [3.63, 3.8) is 0 Å². The average molecular weight is 262 g/mol. The molecule has 1 heterocycles. The third-order valence-corrected chi connectivity index (χ3v) is 4.11. The van der Waals surface area contributed by atoms with Crippen LogP contribution in [0.1, 0.15) is 44.2 Å². The van der Waals surface area contributed by atoms with Crippen LogP contribution in [0.3, 0.4) is 0 Å². The van der Waals surface area contributed by atoms with Crippen molar-refractivity contribution in [2.45, 2.75) is 51.7 Å². The molecule has 0 aliphatic carbocycles. The normalized spacial score (nSPS) is 24.9. The van der Waals surface area contributed by atoms with Gasteiger partial charge in [0.05, 0.1) is 12.7 Å². The van der Waals surface area contributed by atoms with Gasteiger partial charge in [-0.05, 0) is 36.8 Å². The Bertz CT molecular complexity index is 388. The summed E-state index contributed by atoms with van der Waals surface area (Å²) in [4.78, 5) is 0. The zero-order valence-electron chi connectivity index (χ0n) is 12.2. The van der Waals surface area contributed by atoms with Crippen LogP contribution in [0.15, 0.2) is 24.3 Å². The molecule has 19 heavy (non-hydrogen) atoms. The van der Waals surface area contributed by atoms with E-state index in [1.165, 1.54) is 11.1 Å². The largest absolute Gasteiger partial charge is 0.378 e. The molecule has 0 saturated carbocycles. The van der Waals surface area contributed by atoms with Crippen LogP contribution < -0.4 is 11.3 Å². The van der Waals surface area contributed by atoms with Crippen molar-refractivity contribution in [2.75, 3.05) is 6.61 Å². The van der Waals surface area contributed by atoms with E-state index in [1.54, 1.807) is 0 Å². The van der Waals surface area contributed by atoms with Crippen LogP contribution in [0.2, 0.25) is 0 Å². The lowest BCUT2D eigenvalue weighted by molar-refractivity contribution is 0.117. The smallest absolute Gasteiger partial charge is 0.0551 e. The lowest BCUT2D eigenvalue weighted by atomic mass is 9.91. The minimum Gasteiger partial charge on any atom is -0.378 e. The fourth-order valence-electron chi connectivity index (χ4n) is 2.78. The number of nitrogens with two attached hydrogens (primary N) is 1. The molecular weight excluding hydrogens is 236 g/mol. The highest BCUT2D eigenvalue weighted by molar-refractivity contribution is 5.25. The third-order valence-electron chi connectivity index (χ3n) is 4.11.